The maximum Gasteiger partial charge on any atom is 0.191 e. The van der Waals surface area contributed by atoms with Gasteiger partial charge < -0.3 is 10.6 Å². The molecule has 0 bridgehead atoms. The second-order valence-corrected chi connectivity index (χ2v) is 8.21. The summed E-state index contributed by atoms with van der Waals surface area (Å²) in [5.74, 6) is 1.54. The zero-order valence-corrected chi connectivity index (χ0v) is 16.2. The summed E-state index contributed by atoms with van der Waals surface area (Å²) in [5.41, 5.74) is 1.42. The number of nitrogens with one attached hydrogen (secondary N) is 2. The predicted molar refractivity (Wildman–Crippen MR) is 110 cm³/mol. The van der Waals surface area contributed by atoms with E-state index in [4.69, 9.17) is 0 Å². The molecule has 0 radical (unpaired) electrons. The molecule has 1 aliphatic carbocycles. The molecule has 2 aromatic rings. The molecular weight excluding hydrogens is 340 g/mol. The first kappa shape index (κ1) is 17.6. The summed E-state index contributed by atoms with van der Waals surface area (Å²) < 4.78 is 0. The molecule has 1 saturated heterocycles. The summed E-state index contributed by atoms with van der Waals surface area (Å²) >= 11 is 1.86. The normalized spacial score (nSPS) is 24.4. The van der Waals surface area contributed by atoms with Crippen LogP contribution in [0.3, 0.4) is 0 Å². The van der Waals surface area contributed by atoms with Crippen LogP contribution in [-0.4, -0.2) is 43.6 Å². The van der Waals surface area contributed by atoms with Gasteiger partial charge in [-0.15, -0.1) is 11.3 Å². The Morgan fingerprint density at radius 1 is 1.19 bits per heavy atom. The lowest BCUT2D eigenvalue weighted by Crippen LogP contribution is -2.43. The highest BCUT2D eigenvalue weighted by Crippen LogP contribution is 2.40. The Kier molecular flexibility index (Phi) is 5.56. The summed E-state index contributed by atoms with van der Waals surface area (Å²) in [6.45, 7) is 3.31. The molecule has 3 atom stereocenters. The second kappa shape index (κ2) is 8.23. The Hall–Kier alpha value is -1.85. The predicted octanol–water partition coefficient (Wildman–Crippen LogP) is 3.61. The van der Waals surface area contributed by atoms with Crippen molar-refractivity contribution in [1.82, 2.24) is 15.5 Å². The quantitative estimate of drug-likeness (QED) is 0.604. The van der Waals surface area contributed by atoms with Gasteiger partial charge in [-0.25, -0.2) is 0 Å². The summed E-state index contributed by atoms with van der Waals surface area (Å²) in [4.78, 5) is 8.51. The van der Waals surface area contributed by atoms with Gasteiger partial charge in [-0.05, 0) is 49.4 Å². The fourth-order valence-electron chi connectivity index (χ4n) is 3.93. The van der Waals surface area contributed by atoms with Gasteiger partial charge in [0.25, 0.3) is 0 Å². The van der Waals surface area contributed by atoms with E-state index >= 15 is 0 Å². The molecule has 1 aromatic carbocycles. The molecular formula is C21H28N4S. The standard InChI is InChI=1S/C21H28N4S/c1-22-21(24-18-14-17(18)16-8-3-2-4-9-16)23-15-19(20-10-7-13-26-20)25-11-5-6-12-25/h2-4,7-10,13,17-19H,5-6,11-12,14-15H2,1H3,(H2,22,23,24). The molecule has 4 rings (SSSR count). The van der Waals surface area contributed by atoms with Crippen molar-refractivity contribution in [2.24, 2.45) is 4.99 Å². The number of nitrogens with zero attached hydrogens (tertiary/aromatic N) is 2. The van der Waals surface area contributed by atoms with E-state index in [0.717, 1.165) is 12.5 Å². The first-order chi connectivity index (χ1) is 12.8. The monoisotopic (exact) mass is 368 g/mol. The molecule has 1 saturated carbocycles. The Morgan fingerprint density at radius 3 is 2.69 bits per heavy atom. The first-order valence-corrected chi connectivity index (χ1v) is 10.5. The van der Waals surface area contributed by atoms with Crippen molar-refractivity contribution in [1.29, 1.82) is 0 Å². The van der Waals surface area contributed by atoms with E-state index in [1.54, 1.807) is 0 Å². The molecule has 1 aromatic heterocycles. The molecule has 2 heterocycles. The van der Waals surface area contributed by atoms with Crippen molar-refractivity contribution in [3.05, 3.63) is 58.3 Å². The largest absolute Gasteiger partial charge is 0.354 e. The molecule has 0 spiro atoms. The molecule has 2 fully saturated rings. The third-order valence-corrected chi connectivity index (χ3v) is 6.45. The van der Waals surface area contributed by atoms with Crippen molar-refractivity contribution in [3.8, 4) is 0 Å². The third kappa shape index (κ3) is 4.10. The second-order valence-electron chi connectivity index (χ2n) is 7.23. The van der Waals surface area contributed by atoms with Crippen LogP contribution >= 0.6 is 11.3 Å². The van der Waals surface area contributed by atoms with Crippen molar-refractivity contribution >= 4 is 17.3 Å². The zero-order chi connectivity index (χ0) is 17.8. The van der Waals surface area contributed by atoms with Crippen molar-refractivity contribution in [2.75, 3.05) is 26.7 Å². The van der Waals surface area contributed by atoms with Crippen LogP contribution < -0.4 is 10.6 Å². The number of hydrogen-bond donors (Lipinski definition) is 2. The number of thiophene rings is 1. The van der Waals surface area contributed by atoms with Crippen LogP contribution in [0, 0.1) is 0 Å². The summed E-state index contributed by atoms with van der Waals surface area (Å²) in [5, 5.41) is 9.37. The minimum atomic E-state index is 0.445. The molecule has 5 heteroatoms. The topological polar surface area (TPSA) is 39.7 Å². The van der Waals surface area contributed by atoms with E-state index in [1.165, 1.54) is 42.8 Å². The number of likely N-dealkylation sites (tertiary alicyclic amines) is 1. The van der Waals surface area contributed by atoms with Gasteiger partial charge in [0.1, 0.15) is 0 Å². The Labute approximate surface area is 160 Å². The van der Waals surface area contributed by atoms with E-state index in [0.29, 0.717) is 18.0 Å². The highest BCUT2D eigenvalue weighted by molar-refractivity contribution is 7.10. The van der Waals surface area contributed by atoms with Crippen LogP contribution in [0.15, 0.2) is 52.8 Å². The van der Waals surface area contributed by atoms with Gasteiger partial charge >= 0.3 is 0 Å². The Morgan fingerprint density at radius 2 is 2.00 bits per heavy atom. The van der Waals surface area contributed by atoms with Gasteiger partial charge in [0.05, 0.1) is 6.04 Å². The first-order valence-electron chi connectivity index (χ1n) is 9.64. The summed E-state index contributed by atoms with van der Waals surface area (Å²) in [6.07, 6.45) is 3.82. The average Bonchev–Trinajstić information content (AvgIpc) is 3.09. The van der Waals surface area contributed by atoms with Crippen molar-refractivity contribution in [3.63, 3.8) is 0 Å². The van der Waals surface area contributed by atoms with Gasteiger partial charge in [-0.2, -0.15) is 0 Å². The minimum Gasteiger partial charge on any atom is -0.354 e. The van der Waals surface area contributed by atoms with Gasteiger partial charge in [0.15, 0.2) is 5.96 Å². The third-order valence-electron chi connectivity index (χ3n) is 5.48. The van der Waals surface area contributed by atoms with Gasteiger partial charge in [0.2, 0.25) is 0 Å². The van der Waals surface area contributed by atoms with E-state index < -0.39 is 0 Å². The van der Waals surface area contributed by atoms with Crippen molar-refractivity contribution < 1.29 is 0 Å². The molecule has 4 nitrogen and oxygen atoms in total. The van der Waals surface area contributed by atoms with E-state index in [-0.39, 0.29) is 0 Å². The fraction of sp³-hybridized carbons (Fsp3) is 0.476. The average molecular weight is 369 g/mol. The minimum absolute atomic E-state index is 0.445. The van der Waals surface area contributed by atoms with Gasteiger partial charge in [-0.1, -0.05) is 36.4 Å². The van der Waals surface area contributed by atoms with Crippen LogP contribution in [0.1, 0.15) is 41.7 Å². The fourth-order valence-corrected chi connectivity index (χ4v) is 4.79. The summed E-state index contributed by atoms with van der Waals surface area (Å²) in [6, 6.07) is 16.1. The van der Waals surface area contributed by atoms with Crippen LogP contribution in [0.2, 0.25) is 0 Å². The number of rotatable bonds is 6. The molecule has 138 valence electrons. The lowest BCUT2D eigenvalue weighted by atomic mass is 10.1. The van der Waals surface area contributed by atoms with Gasteiger partial charge in [0, 0.05) is 30.4 Å². The molecule has 0 amide bonds. The van der Waals surface area contributed by atoms with Crippen LogP contribution in [0.4, 0.5) is 0 Å². The number of aliphatic imine (C=N–C) groups is 1. The number of benzene rings is 1. The smallest absolute Gasteiger partial charge is 0.191 e. The lowest BCUT2D eigenvalue weighted by molar-refractivity contribution is 0.249. The highest BCUT2D eigenvalue weighted by atomic mass is 32.1. The Bertz CT molecular complexity index is 707. The van der Waals surface area contributed by atoms with Gasteiger partial charge in [-0.3, -0.25) is 9.89 Å². The van der Waals surface area contributed by atoms with E-state index in [2.05, 4.69) is 68.4 Å². The molecule has 1 aliphatic heterocycles. The van der Waals surface area contributed by atoms with E-state index in [1.807, 2.05) is 18.4 Å². The molecule has 3 unspecified atom stereocenters. The SMILES string of the molecule is CN=C(NCC(c1cccs1)N1CCCC1)NC1CC1c1ccccc1. The molecule has 26 heavy (non-hydrogen) atoms. The molecule has 2 N–H and O–H groups in total. The Balaban J connectivity index is 1.33. The van der Waals surface area contributed by atoms with Crippen LogP contribution in [0.5, 0.6) is 0 Å². The zero-order valence-electron chi connectivity index (χ0n) is 15.4. The maximum atomic E-state index is 4.46. The van der Waals surface area contributed by atoms with Crippen LogP contribution in [-0.2, 0) is 0 Å². The highest BCUT2D eigenvalue weighted by Gasteiger charge is 2.39. The van der Waals surface area contributed by atoms with Crippen molar-refractivity contribution in [2.45, 2.75) is 37.3 Å². The summed E-state index contributed by atoms with van der Waals surface area (Å²) in [7, 11) is 1.87. The maximum absolute atomic E-state index is 4.46. The number of guanidine groups is 1. The molecule has 2 aliphatic rings. The van der Waals surface area contributed by atoms with E-state index in [9.17, 15) is 0 Å². The lowest BCUT2D eigenvalue weighted by Gasteiger charge is -2.27. The number of hydrogen-bond acceptors (Lipinski definition) is 3. The van der Waals surface area contributed by atoms with Crippen LogP contribution in [0.25, 0.3) is 0 Å².